The summed E-state index contributed by atoms with van der Waals surface area (Å²) in [6.45, 7) is 7.49. The van der Waals surface area contributed by atoms with Gasteiger partial charge in [-0.15, -0.1) is 0 Å². The van der Waals surface area contributed by atoms with E-state index in [1.807, 2.05) is 37.4 Å². The van der Waals surface area contributed by atoms with Crippen molar-refractivity contribution in [2.75, 3.05) is 39.9 Å². The number of likely N-dealkylation sites (tertiary alicyclic amines) is 1. The van der Waals surface area contributed by atoms with Gasteiger partial charge in [0.05, 0.1) is 12.0 Å². The summed E-state index contributed by atoms with van der Waals surface area (Å²) in [7, 11) is 1.82. The van der Waals surface area contributed by atoms with Gasteiger partial charge >= 0.3 is 5.97 Å². The summed E-state index contributed by atoms with van der Waals surface area (Å²) < 4.78 is 11.4. The zero-order chi connectivity index (χ0) is 21.0. The molecule has 0 bridgehead atoms. The molecule has 1 N–H and O–H groups in total. The SMILES string of the molecule is COCC1(CN[C@@H]2C[C@H]2C)CCN(CC2(C(=O)OCc3ccccc3)CCC2)CC1. The lowest BCUT2D eigenvalue weighted by Crippen LogP contribution is -2.53. The predicted octanol–water partition coefficient (Wildman–Crippen LogP) is 3.63. The lowest BCUT2D eigenvalue weighted by Gasteiger charge is -2.47. The molecule has 4 rings (SSSR count). The van der Waals surface area contributed by atoms with E-state index in [1.54, 1.807) is 0 Å². The molecule has 2 atom stereocenters. The average molecular weight is 415 g/mol. The van der Waals surface area contributed by atoms with Crippen LogP contribution in [0.25, 0.3) is 0 Å². The summed E-state index contributed by atoms with van der Waals surface area (Å²) in [5.74, 6) is 0.820. The van der Waals surface area contributed by atoms with Crippen LogP contribution < -0.4 is 5.32 Å². The minimum Gasteiger partial charge on any atom is -0.460 e. The van der Waals surface area contributed by atoms with Gasteiger partial charge in [0.25, 0.3) is 0 Å². The molecule has 5 heteroatoms. The number of methoxy groups -OCH3 is 1. The lowest BCUT2D eigenvalue weighted by molar-refractivity contribution is -0.165. The van der Waals surface area contributed by atoms with Crippen molar-refractivity contribution in [3.8, 4) is 0 Å². The number of nitrogens with zero attached hydrogens (tertiary/aromatic N) is 1. The Morgan fingerprint density at radius 1 is 1.17 bits per heavy atom. The molecule has 1 aliphatic heterocycles. The van der Waals surface area contributed by atoms with Crippen molar-refractivity contribution in [2.24, 2.45) is 16.7 Å². The van der Waals surface area contributed by atoms with E-state index in [2.05, 4.69) is 17.1 Å². The number of hydrogen-bond donors (Lipinski definition) is 1. The van der Waals surface area contributed by atoms with Gasteiger partial charge in [0.1, 0.15) is 6.61 Å². The highest BCUT2D eigenvalue weighted by molar-refractivity contribution is 5.78. The summed E-state index contributed by atoms with van der Waals surface area (Å²) in [4.78, 5) is 15.5. The molecule has 0 amide bonds. The number of rotatable bonds is 10. The summed E-state index contributed by atoms with van der Waals surface area (Å²) in [5.41, 5.74) is 0.992. The Labute approximate surface area is 181 Å². The Hall–Kier alpha value is -1.43. The zero-order valence-electron chi connectivity index (χ0n) is 18.7. The summed E-state index contributed by atoms with van der Waals surface area (Å²) >= 11 is 0. The number of carbonyl (C=O) groups excluding carboxylic acids is 1. The van der Waals surface area contributed by atoms with Crippen LogP contribution >= 0.6 is 0 Å². The topological polar surface area (TPSA) is 50.8 Å². The fraction of sp³-hybridized carbons (Fsp3) is 0.720. The molecule has 0 radical (unpaired) electrons. The van der Waals surface area contributed by atoms with Crippen molar-refractivity contribution >= 4 is 5.97 Å². The third kappa shape index (κ3) is 5.06. The molecule has 1 aromatic rings. The second kappa shape index (κ2) is 9.37. The third-order valence-corrected chi connectivity index (χ3v) is 7.70. The molecule has 0 unspecified atom stereocenters. The van der Waals surface area contributed by atoms with E-state index in [0.717, 1.165) is 76.4 Å². The Balaban J connectivity index is 1.28. The maximum Gasteiger partial charge on any atom is 0.313 e. The van der Waals surface area contributed by atoms with Gasteiger partial charge in [-0.05, 0) is 56.7 Å². The Kier molecular flexibility index (Phi) is 6.81. The minimum atomic E-state index is -0.294. The molecule has 5 nitrogen and oxygen atoms in total. The number of hydrogen-bond acceptors (Lipinski definition) is 5. The van der Waals surface area contributed by atoms with Crippen LogP contribution in [-0.4, -0.2) is 56.8 Å². The summed E-state index contributed by atoms with van der Waals surface area (Å²) in [6, 6.07) is 10.7. The third-order valence-electron chi connectivity index (χ3n) is 7.70. The zero-order valence-corrected chi connectivity index (χ0v) is 18.7. The molecular formula is C25H38N2O3. The number of benzene rings is 1. The second-order valence-electron chi connectivity index (χ2n) is 10.1. The van der Waals surface area contributed by atoms with Crippen LogP contribution in [0.1, 0.15) is 51.0 Å². The van der Waals surface area contributed by atoms with E-state index in [9.17, 15) is 4.79 Å². The van der Waals surface area contributed by atoms with Crippen molar-refractivity contribution in [2.45, 2.75) is 58.1 Å². The quantitative estimate of drug-likeness (QED) is 0.593. The molecule has 2 saturated carbocycles. The van der Waals surface area contributed by atoms with E-state index in [4.69, 9.17) is 9.47 Å². The van der Waals surface area contributed by atoms with E-state index < -0.39 is 0 Å². The van der Waals surface area contributed by atoms with Crippen LogP contribution in [-0.2, 0) is 20.9 Å². The maximum absolute atomic E-state index is 13.0. The molecule has 0 aromatic heterocycles. The monoisotopic (exact) mass is 414 g/mol. The molecule has 3 aliphatic rings. The van der Waals surface area contributed by atoms with Crippen molar-refractivity contribution in [1.29, 1.82) is 0 Å². The average Bonchev–Trinajstić information content (AvgIpc) is 3.45. The van der Waals surface area contributed by atoms with Crippen LogP contribution in [0.15, 0.2) is 30.3 Å². The Morgan fingerprint density at radius 2 is 1.87 bits per heavy atom. The molecule has 0 spiro atoms. The van der Waals surface area contributed by atoms with E-state index >= 15 is 0 Å². The van der Waals surface area contributed by atoms with Crippen LogP contribution in [0.4, 0.5) is 0 Å². The number of ether oxygens (including phenoxy) is 2. The summed E-state index contributed by atoms with van der Waals surface area (Å²) in [6.07, 6.45) is 6.62. The predicted molar refractivity (Wildman–Crippen MR) is 118 cm³/mol. The highest BCUT2D eigenvalue weighted by atomic mass is 16.5. The molecule has 3 fully saturated rings. The van der Waals surface area contributed by atoms with Gasteiger partial charge in [-0.1, -0.05) is 43.7 Å². The van der Waals surface area contributed by atoms with E-state index in [0.29, 0.717) is 12.6 Å². The van der Waals surface area contributed by atoms with Gasteiger partial charge in [-0.3, -0.25) is 4.79 Å². The van der Waals surface area contributed by atoms with Crippen molar-refractivity contribution in [3.63, 3.8) is 0 Å². The normalized spacial score (nSPS) is 27.3. The number of piperidine rings is 1. The maximum atomic E-state index is 13.0. The minimum absolute atomic E-state index is 0.00396. The van der Waals surface area contributed by atoms with Gasteiger partial charge in [-0.2, -0.15) is 0 Å². The van der Waals surface area contributed by atoms with Crippen molar-refractivity contribution < 1.29 is 14.3 Å². The van der Waals surface area contributed by atoms with Crippen molar-refractivity contribution in [1.82, 2.24) is 10.2 Å². The van der Waals surface area contributed by atoms with Crippen LogP contribution in [0, 0.1) is 16.7 Å². The second-order valence-corrected chi connectivity index (χ2v) is 10.1. The lowest BCUT2D eigenvalue weighted by atomic mass is 9.67. The molecule has 2 aliphatic carbocycles. The van der Waals surface area contributed by atoms with E-state index in [1.165, 1.54) is 6.42 Å². The first-order chi connectivity index (χ1) is 14.5. The Morgan fingerprint density at radius 3 is 2.43 bits per heavy atom. The first-order valence-corrected chi connectivity index (χ1v) is 11.7. The molecule has 1 heterocycles. The van der Waals surface area contributed by atoms with Gasteiger partial charge in [0, 0.05) is 31.7 Å². The fourth-order valence-electron chi connectivity index (χ4n) is 5.15. The Bertz CT molecular complexity index is 696. The van der Waals surface area contributed by atoms with Gasteiger partial charge < -0.3 is 19.7 Å². The standard InChI is InChI=1S/C25H38N2O3/c1-20-15-22(20)26-17-24(19-29-2)11-13-27(14-12-24)18-25(9-6-10-25)23(28)30-16-21-7-4-3-5-8-21/h3-5,7-8,20,22,26H,6,9-19H2,1-2H3/t20-,22-/m1/s1. The first kappa shape index (κ1) is 21.8. The largest absolute Gasteiger partial charge is 0.460 e. The molecular weight excluding hydrogens is 376 g/mol. The van der Waals surface area contributed by atoms with Gasteiger partial charge in [-0.25, -0.2) is 0 Å². The molecule has 1 saturated heterocycles. The molecule has 30 heavy (non-hydrogen) atoms. The van der Waals surface area contributed by atoms with Crippen LogP contribution in [0.3, 0.4) is 0 Å². The summed E-state index contributed by atoms with van der Waals surface area (Å²) in [5, 5.41) is 3.77. The van der Waals surface area contributed by atoms with Gasteiger partial charge in [0.15, 0.2) is 0 Å². The highest BCUT2D eigenvalue weighted by Crippen LogP contribution is 2.44. The van der Waals surface area contributed by atoms with Crippen LogP contribution in [0.2, 0.25) is 0 Å². The highest BCUT2D eigenvalue weighted by Gasteiger charge is 2.48. The van der Waals surface area contributed by atoms with Crippen LogP contribution in [0.5, 0.6) is 0 Å². The first-order valence-electron chi connectivity index (χ1n) is 11.7. The molecule has 1 aromatic carbocycles. The molecule has 166 valence electrons. The smallest absolute Gasteiger partial charge is 0.313 e. The van der Waals surface area contributed by atoms with E-state index in [-0.39, 0.29) is 16.8 Å². The number of carbonyl (C=O) groups is 1. The van der Waals surface area contributed by atoms with Crippen molar-refractivity contribution in [3.05, 3.63) is 35.9 Å². The number of esters is 1. The number of nitrogens with one attached hydrogen (secondary N) is 1. The fourth-order valence-corrected chi connectivity index (χ4v) is 5.15. The van der Waals surface area contributed by atoms with Gasteiger partial charge in [0.2, 0.25) is 0 Å².